The topological polar surface area (TPSA) is 28.4 Å². The number of benzene rings is 1. The molecule has 120 valence electrons. The Balaban J connectivity index is 1.91. The summed E-state index contributed by atoms with van der Waals surface area (Å²) >= 11 is 3.58. The van der Waals surface area contributed by atoms with Crippen molar-refractivity contribution >= 4 is 28.2 Å². The summed E-state index contributed by atoms with van der Waals surface area (Å²) in [5, 5.41) is 12.0. The predicted molar refractivity (Wildman–Crippen MR) is 97.0 cm³/mol. The summed E-state index contributed by atoms with van der Waals surface area (Å²) < 4.78 is 3.07. The number of hydrogen-bond acceptors (Lipinski definition) is 2. The molecule has 0 amide bonds. The van der Waals surface area contributed by atoms with E-state index in [0.29, 0.717) is 0 Å². The van der Waals surface area contributed by atoms with Crippen molar-refractivity contribution in [2.24, 2.45) is 5.92 Å². The molecule has 1 N–H and O–H groups in total. The number of rotatable bonds is 1. The van der Waals surface area contributed by atoms with Gasteiger partial charge in [0.05, 0.1) is 5.69 Å². The van der Waals surface area contributed by atoms with Crippen LogP contribution >= 0.6 is 15.9 Å². The highest BCUT2D eigenvalue weighted by Gasteiger charge is 2.44. The zero-order valence-electron chi connectivity index (χ0n) is 13.2. The van der Waals surface area contributed by atoms with Crippen LogP contribution in [0.1, 0.15) is 29.7 Å². The minimum atomic E-state index is -0.951. The third-order valence-electron chi connectivity index (χ3n) is 5.32. The maximum atomic E-state index is 12.0. The van der Waals surface area contributed by atoms with Crippen LogP contribution in [0, 0.1) is 5.92 Å². The van der Waals surface area contributed by atoms with Crippen LogP contribution in [0.15, 0.2) is 41.0 Å². The molecular weight excluding hydrogens is 352 g/mol. The van der Waals surface area contributed by atoms with E-state index in [1.54, 1.807) is 0 Å². The van der Waals surface area contributed by atoms with Gasteiger partial charge < -0.3 is 14.6 Å². The normalized spacial score (nSPS) is 25.0. The van der Waals surface area contributed by atoms with Crippen molar-refractivity contribution < 1.29 is 5.11 Å². The third-order valence-corrected chi connectivity index (χ3v) is 5.81. The van der Waals surface area contributed by atoms with Crippen LogP contribution < -0.4 is 0 Å². The van der Waals surface area contributed by atoms with Gasteiger partial charge in [-0.2, -0.15) is 0 Å². The average molecular weight is 373 g/mol. The third kappa shape index (κ3) is 2.40. The largest absolute Gasteiger partial charge is 0.379 e. The lowest BCUT2D eigenvalue weighted by Crippen LogP contribution is -2.44. The molecule has 0 spiro atoms. The Morgan fingerprint density at radius 2 is 2.00 bits per heavy atom. The lowest BCUT2D eigenvalue weighted by molar-refractivity contribution is -0.0151. The number of likely N-dealkylation sites (tertiary alicyclic amines) is 1. The minimum absolute atomic E-state index is 0.222. The van der Waals surface area contributed by atoms with Gasteiger partial charge in [-0.25, -0.2) is 0 Å². The molecule has 0 saturated carbocycles. The van der Waals surface area contributed by atoms with Gasteiger partial charge >= 0.3 is 0 Å². The number of fused-ring (bicyclic) bond motifs is 2. The molecule has 3 heterocycles. The molecule has 0 unspecified atom stereocenters. The number of piperidine rings is 1. The van der Waals surface area contributed by atoms with Gasteiger partial charge in [0.2, 0.25) is 0 Å². The molecule has 4 heteroatoms. The lowest BCUT2D eigenvalue weighted by Gasteiger charge is -2.41. The van der Waals surface area contributed by atoms with Crippen LogP contribution in [0.4, 0.5) is 0 Å². The van der Waals surface area contributed by atoms with Crippen LogP contribution in [0.2, 0.25) is 0 Å². The Morgan fingerprint density at radius 1 is 1.22 bits per heavy atom. The fourth-order valence-corrected chi connectivity index (χ4v) is 4.37. The van der Waals surface area contributed by atoms with Crippen molar-refractivity contribution in [1.29, 1.82) is 0 Å². The van der Waals surface area contributed by atoms with Crippen LogP contribution in [0.5, 0.6) is 0 Å². The average Bonchev–Trinajstić information content (AvgIpc) is 2.99. The first-order chi connectivity index (χ1) is 11.1. The molecular formula is C19H21BrN2O. The van der Waals surface area contributed by atoms with E-state index in [0.717, 1.165) is 47.2 Å². The first-order valence-corrected chi connectivity index (χ1v) is 8.95. The highest BCUT2D eigenvalue weighted by Crippen LogP contribution is 2.45. The molecule has 1 fully saturated rings. The summed E-state index contributed by atoms with van der Waals surface area (Å²) in [7, 11) is 2.15. The van der Waals surface area contributed by atoms with E-state index in [4.69, 9.17) is 0 Å². The molecule has 4 rings (SSSR count). The van der Waals surface area contributed by atoms with Crippen LogP contribution in [-0.2, 0) is 5.60 Å². The van der Waals surface area contributed by atoms with Gasteiger partial charge in [-0.15, -0.1) is 0 Å². The summed E-state index contributed by atoms with van der Waals surface area (Å²) in [5.41, 5.74) is 2.13. The minimum Gasteiger partial charge on any atom is -0.379 e. The predicted octanol–water partition coefficient (Wildman–Crippen LogP) is 3.77. The van der Waals surface area contributed by atoms with Crippen molar-refractivity contribution in [2.45, 2.75) is 18.4 Å². The fourth-order valence-electron chi connectivity index (χ4n) is 4.01. The van der Waals surface area contributed by atoms with E-state index >= 15 is 0 Å². The molecule has 3 nitrogen and oxygen atoms in total. The van der Waals surface area contributed by atoms with E-state index in [-0.39, 0.29) is 5.92 Å². The van der Waals surface area contributed by atoms with E-state index < -0.39 is 5.60 Å². The van der Waals surface area contributed by atoms with Gasteiger partial charge in [-0.1, -0.05) is 22.0 Å². The quantitative estimate of drug-likeness (QED) is 0.825. The standard InChI is InChI=1S/C19H21BrN2O/c1-21-10-7-15(8-11-21)19(23)17-13-16(20)5-4-14(17)6-12-22-9-2-3-18(19)22/h2-6,9,12-13,15,23H,7-8,10-11H2,1H3/t19-/m0/s1. The first kappa shape index (κ1) is 15.2. The summed E-state index contributed by atoms with van der Waals surface area (Å²) in [6.45, 7) is 2.06. The molecule has 1 aromatic carbocycles. The Bertz CT molecular complexity index is 758. The highest BCUT2D eigenvalue weighted by atomic mass is 79.9. The maximum absolute atomic E-state index is 12.0. The van der Waals surface area contributed by atoms with Crippen molar-refractivity contribution in [1.82, 2.24) is 9.47 Å². The van der Waals surface area contributed by atoms with Crippen LogP contribution in [0.25, 0.3) is 12.3 Å². The second kappa shape index (κ2) is 5.62. The van der Waals surface area contributed by atoms with Crippen molar-refractivity contribution in [2.75, 3.05) is 20.1 Å². The number of aromatic nitrogens is 1. The Labute approximate surface area is 145 Å². The molecule has 23 heavy (non-hydrogen) atoms. The van der Waals surface area contributed by atoms with E-state index in [1.165, 1.54) is 0 Å². The smallest absolute Gasteiger partial charge is 0.133 e. The van der Waals surface area contributed by atoms with Crippen molar-refractivity contribution in [3.05, 3.63) is 57.8 Å². The molecule has 0 radical (unpaired) electrons. The fraction of sp³-hybridized carbons (Fsp3) is 0.368. The molecule has 2 aliphatic rings. The molecule has 2 aliphatic heterocycles. The molecule has 1 atom stereocenters. The highest BCUT2D eigenvalue weighted by molar-refractivity contribution is 9.10. The number of halogens is 1. The van der Waals surface area contributed by atoms with Crippen molar-refractivity contribution in [3.63, 3.8) is 0 Å². The SMILES string of the molecule is CN1CCC([C@]2(O)c3cc(Br)ccc3C=Cn3cccc32)CC1. The molecule has 1 aromatic heterocycles. The Hall–Kier alpha value is -1.36. The monoisotopic (exact) mass is 372 g/mol. The second-order valence-corrected chi connectivity index (χ2v) is 7.61. The second-order valence-electron chi connectivity index (χ2n) is 6.69. The maximum Gasteiger partial charge on any atom is 0.133 e. The Morgan fingerprint density at radius 3 is 2.78 bits per heavy atom. The number of nitrogens with zero attached hydrogens (tertiary/aromatic N) is 2. The van der Waals surface area contributed by atoms with Gasteiger partial charge in [-0.3, -0.25) is 0 Å². The zero-order valence-corrected chi connectivity index (χ0v) is 14.8. The number of aliphatic hydroxyl groups is 1. The van der Waals surface area contributed by atoms with E-state index in [2.05, 4.69) is 62.9 Å². The summed E-state index contributed by atoms with van der Waals surface area (Å²) in [6, 6.07) is 10.3. The van der Waals surface area contributed by atoms with Crippen molar-refractivity contribution in [3.8, 4) is 0 Å². The van der Waals surface area contributed by atoms with Gasteiger partial charge in [0.15, 0.2) is 0 Å². The lowest BCUT2D eigenvalue weighted by atomic mass is 9.73. The van der Waals surface area contributed by atoms with Gasteiger partial charge in [0, 0.05) is 22.8 Å². The van der Waals surface area contributed by atoms with Crippen LogP contribution in [0.3, 0.4) is 0 Å². The molecule has 0 aliphatic carbocycles. The number of hydrogen-bond donors (Lipinski definition) is 1. The van der Waals surface area contributed by atoms with Crippen LogP contribution in [-0.4, -0.2) is 34.7 Å². The Kier molecular flexibility index (Phi) is 3.71. The van der Waals surface area contributed by atoms with Gasteiger partial charge in [0.25, 0.3) is 0 Å². The zero-order chi connectivity index (χ0) is 16.0. The molecule has 0 bridgehead atoms. The van der Waals surface area contributed by atoms with E-state index in [1.807, 2.05) is 18.3 Å². The molecule has 2 aromatic rings. The summed E-state index contributed by atoms with van der Waals surface area (Å²) in [6.07, 6.45) is 8.17. The first-order valence-electron chi connectivity index (χ1n) is 8.15. The van der Waals surface area contributed by atoms with Gasteiger partial charge in [0.1, 0.15) is 5.60 Å². The van der Waals surface area contributed by atoms with Gasteiger partial charge in [-0.05, 0) is 74.4 Å². The van der Waals surface area contributed by atoms with E-state index in [9.17, 15) is 5.11 Å². The summed E-state index contributed by atoms with van der Waals surface area (Å²) in [4.78, 5) is 2.34. The molecule has 1 saturated heterocycles. The summed E-state index contributed by atoms with van der Waals surface area (Å²) in [5.74, 6) is 0.222.